The van der Waals surface area contributed by atoms with Crippen LogP contribution in [0.1, 0.15) is 43.6 Å². The monoisotopic (exact) mass is 329 g/mol. The first kappa shape index (κ1) is 18.1. The molecule has 0 bridgehead atoms. The van der Waals surface area contributed by atoms with Crippen LogP contribution in [0.15, 0.2) is 24.4 Å². The van der Waals surface area contributed by atoms with E-state index in [-0.39, 0.29) is 5.91 Å². The van der Waals surface area contributed by atoms with Crippen LogP contribution in [-0.2, 0) is 11.3 Å². The summed E-state index contributed by atoms with van der Waals surface area (Å²) in [5.41, 5.74) is 8.29. The normalized spacial score (nSPS) is 11.5. The van der Waals surface area contributed by atoms with E-state index in [1.807, 2.05) is 50.6 Å². The van der Waals surface area contributed by atoms with E-state index < -0.39 is 5.41 Å². The predicted octanol–water partition coefficient (Wildman–Crippen LogP) is 2.27. The number of nitrogens with zero attached hydrogens (tertiary/aromatic N) is 3. The highest BCUT2D eigenvalue weighted by atomic mass is 16.2. The number of hydrogen-bond donors (Lipinski definition) is 2. The summed E-state index contributed by atoms with van der Waals surface area (Å²) in [7, 11) is 0. The Morgan fingerprint density at radius 3 is 2.46 bits per heavy atom. The molecule has 0 aromatic carbocycles. The minimum Gasteiger partial charge on any atom is -0.351 e. The van der Waals surface area contributed by atoms with Crippen molar-refractivity contribution in [2.75, 3.05) is 6.54 Å². The lowest BCUT2D eigenvalue weighted by atomic mass is 9.81. The van der Waals surface area contributed by atoms with Crippen molar-refractivity contribution < 1.29 is 4.79 Å². The summed E-state index contributed by atoms with van der Waals surface area (Å²) in [6.07, 6.45) is 3.25. The van der Waals surface area contributed by atoms with Crippen LogP contribution in [-0.4, -0.2) is 27.2 Å². The van der Waals surface area contributed by atoms with Gasteiger partial charge in [0.25, 0.3) is 0 Å². The van der Waals surface area contributed by atoms with Gasteiger partial charge in [-0.25, -0.2) is 9.67 Å². The molecule has 0 aliphatic carbocycles. The van der Waals surface area contributed by atoms with Crippen LogP contribution in [0.5, 0.6) is 0 Å². The molecule has 6 heteroatoms. The maximum absolute atomic E-state index is 12.4. The molecule has 0 saturated heterocycles. The maximum atomic E-state index is 12.4. The standard InChI is InChI=1S/C18H27N5O/c1-5-18(6-2,12-19)17(24)21-11-15-7-8-16(20-10-15)23-14(4)9-13(3)22-23/h7-10H,5-6,11-12,19H2,1-4H3,(H,21,24). The molecular weight excluding hydrogens is 302 g/mol. The van der Waals surface area contributed by atoms with Gasteiger partial charge in [0, 0.05) is 25.0 Å². The SMILES string of the molecule is CCC(CC)(CN)C(=O)NCc1ccc(-n2nc(C)cc2C)nc1. The fourth-order valence-corrected chi connectivity index (χ4v) is 2.83. The first-order chi connectivity index (χ1) is 11.5. The van der Waals surface area contributed by atoms with Crippen molar-refractivity contribution in [3.8, 4) is 5.82 Å². The average molecular weight is 329 g/mol. The predicted molar refractivity (Wildman–Crippen MR) is 94.7 cm³/mol. The van der Waals surface area contributed by atoms with Gasteiger partial charge in [0.2, 0.25) is 5.91 Å². The summed E-state index contributed by atoms with van der Waals surface area (Å²) >= 11 is 0. The Hall–Kier alpha value is -2.21. The lowest BCUT2D eigenvalue weighted by Gasteiger charge is -2.28. The van der Waals surface area contributed by atoms with E-state index >= 15 is 0 Å². The zero-order valence-electron chi connectivity index (χ0n) is 15.0. The Labute approximate surface area is 143 Å². The van der Waals surface area contributed by atoms with E-state index in [1.165, 1.54) is 0 Å². The molecule has 0 aliphatic rings. The third-order valence-electron chi connectivity index (χ3n) is 4.71. The number of aromatic nitrogens is 3. The van der Waals surface area contributed by atoms with Crippen LogP contribution in [0.2, 0.25) is 0 Å². The second-order valence-corrected chi connectivity index (χ2v) is 6.24. The fraction of sp³-hybridized carbons (Fsp3) is 0.500. The van der Waals surface area contributed by atoms with Crippen molar-refractivity contribution in [3.63, 3.8) is 0 Å². The molecule has 0 atom stereocenters. The molecule has 2 heterocycles. The Morgan fingerprint density at radius 2 is 2.00 bits per heavy atom. The van der Waals surface area contributed by atoms with Crippen LogP contribution < -0.4 is 11.1 Å². The third kappa shape index (κ3) is 3.64. The summed E-state index contributed by atoms with van der Waals surface area (Å²) in [6.45, 7) is 8.77. The zero-order chi connectivity index (χ0) is 17.7. The maximum Gasteiger partial charge on any atom is 0.227 e. The molecule has 0 aliphatic heterocycles. The van der Waals surface area contributed by atoms with Crippen LogP contribution >= 0.6 is 0 Å². The Morgan fingerprint density at radius 1 is 1.29 bits per heavy atom. The van der Waals surface area contributed by atoms with Crippen LogP contribution in [0.3, 0.4) is 0 Å². The first-order valence-corrected chi connectivity index (χ1v) is 8.42. The average Bonchev–Trinajstić information content (AvgIpc) is 2.94. The van der Waals surface area contributed by atoms with Crippen molar-refractivity contribution in [1.29, 1.82) is 0 Å². The fourth-order valence-electron chi connectivity index (χ4n) is 2.83. The van der Waals surface area contributed by atoms with Gasteiger partial charge in [0.1, 0.15) is 0 Å². The Kier molecular flexibility index (Phi) is 5.72. The molecule has 2 aromatic rings. The Bertz CT molecular complexity index is 678. The number of nitrogens with one attached hydrogen (secondary N) is 1. The molecule has 1 amide bonds. The number of pyridine rings is 1. The van der Waals surface area contributed by atoms with E-state index in [9.17, 15) is 4.79 Å². The molecule has 0 fully saturated rings. The summed E-state index contributed by atoms with van der Waals surface area (Å²) in [4.78, 5) is 16.9. The van der Waals surface area contributed by atoms with Gasteiger partial charge >= 0.3 is 0 Å². The van der Waals surface area contributed by atoms with Crippen molar-refractivity contribution in [3.05, 3.63) is 41.3 Å². The number of carbonyl (C=O) groups is 1. The molecular formula is C18H27N5O. The smallest absolute Gasteiger partial charge is 0.227 e. The third-order valence-corrected chi connectivity index (χ3v) is 4.71. The van der Waals surface area contributed by atoms with E-state index in [2.05, 4.69) is 15.4 Å². The van der Waals surface area contributed by atoms with E-state index in [0.29, 0.717) is 13.1 Å². The highest BCUT2D eigenvalue weighted by Gasteiger charge is 2.32. The molecule has 3 N–H and O–H groups in total. The molecule has 2 rings (SSSR count). The second kappa shape index (κ2) is 7.57. The van der Waals surface area contributed by atoms with Gasteiger partial charge in [-0.15, -0.1) is 0 Å². The highest BCUT2D eigenvalue weighted by molar-refractivity contribution is 5.82. The van der Waals surface area contributed by atoms with Gasteiger partial charge in [-0.3, -0.25) is 4.79 Å². The van der Waals surface area contributed by atoms with Gasteiger partial charge in [-0.05, 0) is 44.4 Å². The largest absolute Gasteiger partial charge is 0.351 e. The van der Waals surface area contributed by atoms with E-state index in [1.54, 1.807) is 6.20 Å². The number of rotatable bonds is 7. The lowest BCUT2D eigenvalue weighted by molar-refractivity contribution is -0.131. The summed E-state index contributed by atoms with van der Waals surface area (Å²) < 4.78 is 1.81. The number of carbonyl (C=O) groups excluding carboxylic acids is 1. The van der Waals surface area contributed by atoms with Crippen molar-refractivity contribution >= 4 is 5.91 Å². The molecule has 0 spiro atoms. The van der Waals surface area contributed by atoms with Crippen LogP contribution in [0.4, 0.5) is 0 Å². The van der Waals surface area contributed by atoms with Gasteiger partial charge < -0.3 is 11.1 Å². The molecule has 130 valence electrons. The molecule has 0 radical (unpaired) electrons. The number of amides is 1. The van der Waals surface area contributed by atoms with Gasteiger partial charge in [0.15, 0.2) is 5.82 Å². The van der Waals surface area contributed by atoms with Crippen molar-refractivity contribution in [2.24, 2.45) is 11.1 Å². The quantitative estimate of drug-likeness (QED) is 0.816. The van der Waals surface area contributed by atoms with Crippen LogP contribution in [0, 0.1) is 19.3 Å². The first-order valence-electron chi connectivity index (χ1n) is 8.42. The lowest BCUT2D eigenvalue weighted by Crippen LogP contribution is -2.45. The summed E-state index contributed by atoms with van der Waals surface area (Å²) in [6, 6.07) is 5.88. The van der Waals surface area contributed by atoms with Crippen molar-refractivity contribution in [2.45, 2.75) is 47.1 Å². The number of nitrogens with two attached hydrogens (primary N) is 1. The van der Waals surface area contributed by atoms with Gasteiger partial charge in [-0.1, -0.05) is 19.9 Å². The highest BCUT2D eigenvalue weighted by Crippen LogP contribution is 2.25. The molecule has 0 saturated carbocycles. The van der Waals surface area contributed by atoms with E-state index in [0.717, 1.165) is 35.6 Å². The topological polar surface area (TPSA) is 85.8 Å². The number of hydrogen-bond acceptors (Lipinski definition) is 4. The minimum atomic E-state index is -0.475. The molecule has 24 heavy (non-hydrogen) atoms. The van der Waals surface area contributed by atoms with Crippen LogP contribution in [0.25, 0.3) is 5.82 Å². The van der Waals surface area contributed by atoms with Gasteiger partial charge in [-0.2, -0.15) is 5.10 Å². The van der Waals surface area contributed by atoms with Gasteiger partial charge in [0.05, 0.1) is 11.1 Å². The molecule has 0 unspecified atom stereocenters. The zero-order valence-corrected chi connectivity index (χ0v) is 15.0. The Balaban J connectivity index is 2.04. The number of aryl methyl sites for hydroxylation is 2. The van der Waals surface area contributed by atoms with Crippen molar-refractivity contribution in [1.82, 2.24) is 20.1 Å². The summed E-state index contributed by atoms with van der Waals surface area (Å²) in [5.74, 6) is 0.784. The second-order valence-electron chi connectivity index (χ2n) is 6.24. The minimum absolute atomic E-state index is 0.0117. The molecule has 2 aromatic heterocycles. The molecule has 6 nitrogen and oxygen atoms in total. The van der Waals surface area contributed by atoms with E-state index in [4.69, 9.17) is 5.73 Å². The summed E-state index contributed by atoms with van der Waals surface area (Å²) in [5, 5.41) is 7.41.